The molecule has 0 fully saturated rings. The summed E-state index contributed by atoms with van der Waals surface area (Å²) in [5.74, 6) is 1.48. The molecule has 0 heterocycles. The third-order valence-corrected chi connectivity index (χ3v) is 4.68. The molecule has 2 rings (SSSR count). The summed E-state index contributed by atoms with van der Waals surface area (Å²) in [5, 5.41) is 25.0. The van der Waals surface area contributed by atoms with Crippen LogP contribution in [-0.4, -0.2) is 24.8 Å². The van der Waals surface area contributed by atoms with Crippen LogP contribution in [0.1, 0.15) is 60.5 Å². The number of hydrogen-bond acceptors (Lipinski definition) is 5. The maximum Gasteiger partial charge on any atom is 0.107 e. The van der Waals surface area contributed by atoms with E-state index in [1.165, 1.54) is 16.5 Å². The molecular weight excluding hydrogens is 402 g/mol. The molecule has 5 heteroatoms. The normalized spacial score (nSPS) is 10.8. The molecule has 0 aliphatic carbocycles. The summed E-state index contributed by atoms with van der Waals surface area (Å²) in [6, 6.07) is 14.7. The summed E-state index contributed by atoms with van der Waals surface area (Å²) in [6.45, 7) is 17.3. The predicted molar refractivity (Wildman–Crippen MR) is 140 cm³/mol. The third kappa shape index (κ3) is 12.4. The van der Waals surface area contributed by atoms with E-state index in [4.69, 9.17) is 15.5 Å². The number of benzene rings is 2. The lowest BCUT2D eigenvalue weighted by molar-refractivity contribution is 0.268. The van der Waals surface area contributed by atoms with Gasteiger partial charge in [0.25, 0.3) is 0 Å². The SMILES string of the molecule is CC(C)C.CC(C)CCO.CCN(CC)c1ccc2cc(/C=C(\C#N)SN)ccc2c1. The van der Waals surface area contributed by atoms with Gasteiger partial charge in [0.15, 0.2) is 0 Å². The molecule has 0 saturated heterocycles. The molecule has 0 spiro atoms. The number of nitrogens with two attached hydrogens (primary N) is 1. The Balaban J connectivity index is 0.000000753. The van der Waals surface area contributed by atoms with Crippen LogP contribution in [0.3, 0.4) is 0 Å². The third-order valence-electron chi connectivity index (χ3n) is 4.22. The van der Waals surface area contributed by atoms with E-state index in [2.05, 4.69) is 89.8 Å². The predicted octanol–water partition coefficient (Wildman–Crippen LogP) is 6.84. The number of hydrogen-bond donors (Lipinski definition) is 2. The Bertz CT molecular complexity index is 818. The van der Waals surface area contributed by atoms with Crippen molar-refractivity contribution >= 4 is 34.5 Å². The van der Waals surface area contributed by atoms with Gasteiger partial charge in [-0.2, -0.15) is 5.26 Å². The molecule has 0 unspecified atom stereocenters. The van der Waals surface area contributed by atoms with E-state index in [1.54, 1.807) is 0 Å². The van der Waals surface area contributed by atoms with Crippen LogP contribution in [0, 0.1) is 23.2 Å². The first-order valence-corrected chi connectivity index (χ1v) is 12.0. The van der Waals surface area contributed by atoms with Crippen LogP contribution >= 0.6 is 11.9 Å². The first kappa shape index (κ1) is 29.0. The molecule has 2 aromatic rings. The van der Waals surface area contributed by atoms with Crippen LogP contribution in [0.5, 0.6) is 0 Å². The highest BCUT2D eigenvalue weighted by Crippen LogP contribution is 2.24. The highest BCUT2D eigenvalue weighted by Gasteiger charge is 2.03. The molecule has 2 aromatic carbocycles. The Morgan fingerprint density at radius 3 is 2.03 bits per heavy atom. The van der Waals surface area contributed by atoms with Gasteiger partial charge in [0.1, 0.15) is 11.0 Å². The minimum atomic E-state index is 0.331. The molecule has 0 aliphatic heterocycles. The van der Waals surface area contributed by atoms with Crippen molar-refractivity contribution in [3.63, 3.8) is 0 Å². The van der Waals surface area contributed by atoms with Crippen LogP contribution in [0.15, 0.2) is 41.3 Å². The van der Waals surface area contributed by atoms with Crippen molar-refractivity contribution in [1.29, 1.82) is 5.26 Å². The zero-order valence-corrected chi connectivity index (χ0v) is 21.2. The molecule has 4 nitrogen and oxygen atoms in total. The zero-order chi connectivity index (χ0) is 23.8. The van der Waals surface area contributed by atoms with E-state index in [0.717, 1.165) is 42.9 Å². The van der Waals surface area contributed by atoms with Gasteiger partial charge in [0.05, 0.1) is 0 Å². The van der Waals surface area contributed by atoms with Gasteiger partial charge < -0.3 is 10.0 Å². The molecular formula is C26H41N3OS. The summed E-state index contributed by atoms with van der Waals surface area (Å²) >= 11 is 0.976. The Morgan fingerprint density at radius 1 is 1.06 bits per heavy atom. The van der Waals surface area contributed by atoms with E-state index in [9.17, 15) is 0 Å². The lowest BCUT2D eigenvalue weighted by Gasteiger charge is -2.21. The average molecular weight is 444 g/mol. The minimum Gasteiger partial charge on any atom is -0.396 e. The van der Waals surface area contributed by atoms with Gasteiger partial charge in [-0.25, -0.2) is 0 Å². The molecule has 172 valence electrons. The number of fused-ring (bicyclic) bond motifs is 1. The summed E-state index contributed by atoms with van der Waals surface area (Å²) in [5.41, 5.74) is 2.23. The van der Waals surface area contributed by atoms with Crippen LogP contribution in [0.2, 0.25) is 0 Å². The van der Waals surface area contributed by atoms with Crippen molar-refractivity contribution in [2.45, 2.75) is 54.9 Å². The number of aliphatic hydroxyl groups is 1. The van der Waals surface area contributed by atoms with E-state index >= 15 is 0 Å². The Kier molecular flexibility index (Phi) is 15.6. The summed E-state index contributed by atoms with van der Waals surface area (Å²) in [7, 11) is 0. The molecule has 0 aliphatic rings. The smallest absolute Gasteiger partial charge is 0.107 e. The first-order chi connectivity index (χ1) is 14.7. The van der Waals surface area contributed by atoms with Gasteiger partial charge in [0, 0.05) is 25.4 Å². The van der Waals surface area contributed by atoms with Crippen LogP contribution in [-0.2, 0) is 0 Å². The quantitative estimate of drug-likeness (QED) is 0.362. The van der Waals surface area contributed by atoms with Crippen molar-refractivity contribution in [3.8, 4) is 6.07 Å². The number of aliphatic hydroxyl groups excluding tert-OH is 1. The monoisotopic (exact) mass is 443 g/mol. The average Bonchev–Trinajstić information content (AvgIpc) is 2.72. The highest BCUT2D eigenvalue weighted by atomic mass is 32.2. The molecule has 31 heavy (non-hydrogen) atoms. The fourth-order valence-electron chi connectivity index (χ4n) is 2.63. The van der Waals surface area contributed by atoms with Crippen molar-refractivity contribution in [2.24, 2.45) is 17.0 Å². The largest absolute Gasteiger partial charge is 0.396 e. The molecule has 3 N–H and O–H groups in total. The summed E-state index contributed by atoms with van der Waals surface area (Å²) < 4.78 is 0. The fraction of sp³-hybridized carbons (Fsp3) is 0.500. The second-order valence-electron chi connectivity index (χ2n) is 8.34. The number of rotatable bonds is 7. The van der Waals surface area contributed by atoms with Crippen LogP contribution in [0.4, 0.5) is 5.69 Å². The zero-order valence-electron chi connectivity index (χ0n) is 20.4. The highest BCUT2D eigenvalue weighted by molar-refractivity contribution is 8.01. The van der Waals surface area contributed by atoms with Crippen molar-refractivity contribution in [2.75, 3.05) is 24.6 Å². The minimum absolute atomic E-state index is 0.331. The van der Waals surface area contributed by atoms with E-state index in [-0.39, 0.29) is 0 Å². The molecule has 0 atom stereocenters. The topological polar surface area (TPSA) is 73.3 Å². The standard InChI is InChI=1S/C17H19N3S.C5H12O.C4H10/c1-3-20(4-2)16-8-7-14-9-13(5-6-15(14)11-16)10-17(12-18)21-19;1-5(2)3-4-6;1-4(2)3/h5-11H,3-4,19H2,1-2H3;5-6H,3-4H2,1-2H3;4H,1-3H3/b17-10+;;. The van der Waals surface area contributed by atoms with Gasteiger partial charge in [-0.05, 0) is 84.7 Å². The van der Waals surface area contributed by atoms with Crippen molar-refractivity contribution in [1.82, 2.24) is 0 Å². The Hall–Kier alpha value is -2.00. The summed E-state index contributed by atoms with van der Waals surface area (Å²) in [6.07, 6.45) is 2.74. The molecule has 0 amide bonds. The van der Waals surface area contributed by atoms with Gasteiger partial charge in [-0.15, -0.1) is 0 Å². The van der Waals surface area contributed by atoms with E-state index in [1.807, 2.05) is 12.1 Å². The van der Waals surface area contributed by atoms with Crippen molar-refractivity contribution in [3.05, 3.63) is 46.9 Å². The van der Waals surface area contributed by atoms with Gasteiger partial charge in [-0.3, -0.25) is 5.14 Å². The molecule has 0 saturated carbocycles. The maximum atomic E-state index is 8.93. The van der Waals surface area contributed by atoms with Crippen LogP contribution < -0.4 is 10.0 Å². The fourth-order valence-corrected chi connectivity index (χ4v) is 2.89. The first-order valence-electron chi connectivity index (χ1n) is 11.1. The maximum absolute atomic E-state index is 8.93. The lowest BCUT2D eigenvalue weighted by Crippen LogP contribution is -2.21. The Morgan fingerprint density at radius 2 is 1.61 bits per heavy atom. The molecule has 0 radical (unpaired) electrons. The van der Waals surface area contributed by atoms with Crippen molar-refractivity contribution < 1.29 is 5.11 Å². The second-order valence-corrected chi connectivity index (χ2v) is 9.02. The number of nitriles is 1. The van der Waals surface area contributed by atoms with Gasteiger partial charge >= 0.3 is 0 Å². The van der Waals surface area contributed by atoms with E-state index < -0.39 is 0 Å². The second kappa shape index (κ2) is 16.7. The molecule has 0 aromatic heterocycles. The number of anilines is 1. The number of nitrogens with zero attached hydrogens (tertiary/aromatic N) is 2. The van der Waals surface area contributed by atoms with Gasteiger partial charge in [-0.1, -0.05) is 52.8 Å². The van der Waals surface area contributed by atoms with E-state index in [0.29, 0.717) is 17.4 Å². The van der Waals surface area contributed by atoms with Gasteiger partial charge in [0.2, 0.25) is 0 Å². The number of allylic oxidation sites excluding steroid dienone is 1. The summed E-state index contributed by atoms with van der Waals surface area (Å²) in [4.78, 5) is 2.83. The van der Waals surface area contributed by atoms with Crippen LogP contribution in [0.25, 0.3) is 16.8 Å². The Labute approximate surface area is 194 Å². The molecule has 0 bridgehead atoms. The lowest BCUT2D eigenvalue weighted by atomic mass is 10.1.